The van der Waals surface area contributed by atoms with Gasteiger partial charge in [-0.2, -0.15) is 4.98 Å². The van der Waals surface area contributed by atoms with E-state index in [1.807, 2.05) is 0 Å². The van der Waals surface area contributed by atoms with Crippen molar-refractivity contribution in [2.24, 2.45) is 5.73 Å². The van der Waals surface area contributed by atoms with E-state index in [0.717, 1.165) is 0 Å². The molecule has 0 fully saturated rings. The van der Waals surface area contributed by atoms with Crippen molar-refractivity contribution < 1.29 is 9.32 Å². The van der Waals surface area contributed by atoms with E-state index in [4.69, 9.17) is 10.3 Å². The zero-order valence-electron chi connectivity index (χ0n) is 8.10. The predicted octanol–water partition coefficient (Wildman–Crippen LogP) is 1.14. The molecule has 2 aromatic rings. The average Bonchev–Trinajstić information content (AvgIpc) is 2.65. The molecular formula is C10H9N3O2. The molecule has 0 atom stereocenters. The largest absolute Gasteiger partial charge is 0.366 e. The predicted molar refractivity (Wildman–Crippen MR) is 53.0 cm³/mol. The topological polar surface area (TPSA) is 82.0 Å². The van der Waals surface area contributed by atoms with Gasteiger partial charge in [-0.15, -0.1) is 0 Å². The van der Waals surface area contributed by atoms with Gasteiger partial charge >= 0.3 is 0 Å². The van der Waals surface area contributed by atoms with Gasteiger partial charge in [-0.3, -0.25) is 4.79 Å². The van der Waals surface area contributed by atoms with Crippen molar-refractivity contribution in [3.8, 4) is 11.5 Å². The molecule has 0 aliphatic heterocycles. The third-order valence-corrected chi connectivity index (χ3v) is 1.95. The van der Waals surface area contributed by atoms with Crippen LogP contribution in [0.5, 0.6) is 0 Å². The van der Waals surface area contributed by atoms with E-state index >= 15 is 0 Å². The number of aryl methyl sites for hydroxylation is 1. The van der Waals surface area contributed by atoms with Crippen LogP contribution in [0.4, 0.5) is 0 Å². The van der Waals surface area contributed by atoms with Gasteiger partial charge in [-0.1, -0.05) is 17.3 Å². The zero-order valence-corrected chi connectivity index (χ0v) is 8.10. The molecule has 15 heavy (non-hydrogen) atoms. The number of nitrogens with zero attached hydrogens (tertiary/aromatic N) is 2. The molecular weight excluding hydrogens is 194 g/mol. The summed E-state index contributed by atoms with van der Waals surface area (Å²) in [5.74, 6) is 0.313. The summed E-state index contributed by atoms with van der Waals surface area (Å²) in [6.07, 6.45) is 0. The number of benzene rings is 1. The van der Waals surface area contributed by atoms with Crippen LogP contribution >= 0.6 is 0 Å². The van der Waals surface area contributed by atoms with Crippen molar-refractivity contribution in [1.82, 2.24) is 10.1 Å². The maximum atomic E-state index is 11.1. The third-order valence-electron chi connectivity index (χ3n) is 1.95. The molecule has 0 spiro atoms. The Bertz CT molecular complexity index is 505. The Labute approximate surface area is 85.9 Å². The second kappa shape index (κ2) is 3.53. The molecule has 0 unspecified atom stereocenters. The standard InChI is InChI=1S/C10H9N3O2/c1-6-12-10(15-13-6)8-5-3-2-4-7(8)9(11)14/h2-5H,1H3,(H2,11,14). The van der Waals surface area contributed by atoms with E-state index in [-0.39, 0.29) is 0 Å². The van der Waals surface area contributed by atoms with Gasteiger partial charge in [-0.25, -0.2) is 0 Å². The lowest BCUT2D eigenvalue weighted by molar-refractivity contribution is 0.100. The van der Waals surface area contributed by atoms with Gasteiger partial charge in [0, 0.05) is 0 Å². The van der Waals surface area contributed by atoms with Gasteiger partial charge < -0.3 is 10.3 Å². The van der Waals surface area contributed by atoms with E-state index < -0.39 is 5.91 Å². The molecule has 0 radical (unpaired) electrons. The van der Waals surface area contributed by atoms with Gasteiger partial charge in [0.15, 0.2) is 5.82 Å². The highest BCUT2D eigenvalue weighted by atomic mass is 16.5. The fourth-order valence-electron chi connectivity index (χ4n) is 1.29. The number of carbonyl (C=O) groups is 1. The molecule has 0 saturated heterocycles. The number of carbonyl (C=O) groups excluding carboxylic acids is 1. The van der Waals surface area contributed by atoms with Gasteiger partial charge in [-0.05, 0) is 19.1 Å². The van der Waals surface area contributed by atoms with Gasteiger partial charge in [0.2, 0.25) is 5.91 Å². The van der Waals surface area contributed by atoms with Crippen LogP contribution in [0.3, 0.4) is 0 Å². The van der Waals surface area contributed by atoms with Gasteiger partial charge in [0.1, 0.15) is 0 Å². The minimum atomic E-state index is -0.513. The number of hydrogen-bond acceptors (Lipinski definition) is 4. The molecule has 1 aromatic heterocycles. The molecule has 0 aliphatic rings. The Morgan fingerprint density at radius 3 is 2.73 bits per heavy atom. The lowest BCUT2D eigenvalue weighted by atomic mass is 10.1. The fraction of sp³-hybridized carbons (Fsp3) is 0.100. The second-order valence-electron chi connectivity index (χ2n) is 3.06. The van der Waals surface area contributed by atoms with E-state index in [1.54, 1.807) is 31.2 Å². The third kappa shape index (κ3) is 1.71. The van der Waals surface area contributed by atoms with Gasteiger partial charge in [0.05, 0.1) is 11.1 Å². The smallest absolute Gasteiger partial charge is 0.258 e. The highest BCUT2D eigenvalue weighted by molar-refractivity contribution is 5.98. The number of primary amides is 1. The molecule has 0 saturated carbocycles. The van der Waals surface area contributed by atoms with Crippen LogP contribution in [0.1, 0.15) is 16.2 Å². The van der Waals surface area contributed by atoms with Crippen LogP contribution in [0.25, 0.3) is 11.5 Å². The Morgan fingerprint density at radius 1 is 1.40 bits per heavy atom. The molecule has 1 heterocycles. The molecule has 1 aromatic carbocycles. The van der Waals surface area contributed by atoms with E-state index in [9.17, 15) is 4.79 Å². The lowest BCUT2D eigenvalue weighted by Gasteiger charge is -2.00. The van der Waals surface area contributed by atoms with Crippen molar-refractivity contribution >= 4 is 5.91 Å². The highest BCUT2D eigenvalue weighted by Crippen LogP contribution is 2.21. The molecule has 2 rings (SSSR count). The molecule has 0 aliphatic carbocycles. The minimum absolute atomic E-state index is 0.307. The number of rotatable bonds is 2. The first kappa shape index (κ1) is 9.39. The Morgan fingerprint density at radius 2 is 2.13 bits per heavy atom. The van der Waals surface area contributed by atoms with Crippen LogP contribution in [-0.2, 0) is 0 Å². The van der Waals surface area contributed by atoms with Crippen molar-refractivity contribution in [3.05, 3.63) is 35.7 Å². The minimum Gasteiger partial charge on any atom is -0.366 e. The number of nitrogens with two attached hydrogens (primary N) is 1. The Kier molecular flexibility index (Phi) is 2.21. The van der Waals surface area contributed by atoms with Crippen LogP contribution in [0, 0.1) is 6.92 Å². The van der Waals surface area contributed by atoms with E-state index in [0.29, 0.717) is 22.8 Å². The molecule has 1 amide bonds. The zero-order chi connectivity index (χ0) is 10.8. The Hall–Kier alpha value is -2.17. The molecule has 0 bridgehead atoms. The van der Waals surface area contributed by atoms with Crippen LogP contribution < -0.4 is 5.73 Å². The summed E-state index contributed by atoms with van der Waals surface area (Å²) in [5.41, 5.74) is 6.17. The normalized spacial score (nSPS) is 10.2. The van der Waals surface area contributed by atoms with Crippen molar-refractivity contribution in [1.29, 1.82) is 0 Å². The summed E-state index contributed by atoms with van der Waals surface area (Å²) in [4.78, 5) is 15.2. The quantitative estimate of drug-likeness (QED) is 0.793. The highest BCUT2D eigenvalue weighted by Gasteiger charge is 2.13. The number of aromatic nitrogens is 2. The monoisotopic (exact) mass is 203 g/mol. The summed E-state index contributed by atoms with van der Waals surface area (Å²) in [7, 11) is 0. The summed E-state index contributed by atoms with van der Waals surface area (Å²) in [6.45, 7) is 1.71. The first-order valence-electron chi connectivity index (χ1n) is 4.38. The lowest BCUT2D eigenvalue weighted by Crippen LogP contribution is -2.12. The maximum Gasteiger partial charge on any atom is 0.258 e. The van der Waals surface area contributed by atoms with Gasteiger partial charge in [0.25, 0.3) is 5.89 Å². The van der Waals surface area contributed by atoms with Crippen molar-refractivity contribution in [2.45, 2.75) is 6.92 Å². The number of hydrogen-bond donors (Lipinski definition) is 1. The fourth-order valence-corrected chi connectivity index (χ4v) is 1.29. The van der Waals surface area contributed by atoms with E-state index in [2.05, 4.69) is 10.1 Å². The summed E-state index contributed by atoms with van der Waals surface area (Å²) < 4.78 is 4.97. The van der Waals surface area contributed by atoms with Crippen LogP contribution in [0.2, 0.25) is 0 Å². The molecule has 5 nitrogen and oxygen atoms in total. The Balaban J connectivity index is 2.57. The SMILES string of the molecule is Cc1noc(-c2ccccc2C(N)=O)n1. The maximum absolute atomic E-state index is 11.1. The molecule has 5 heteroatoms. The second-order valence-corrected chi connectivity index (χ2v) is 3.06. The van der Waals surface area contributed by atoms with Crippen LogP contribution in [-0.4, -0.2) is 16.0 Å². The molecule has 2 N–H and O–H groups in total. The first-order valence-corrected chi connectivity index (χ1v) is 4.38. The summed E-state index contributed by atoms with van der Waals surface area (Å²) in [5, 5.41) is 3.66. The first-order chi connectivity index (χ1) is 7.18. The molecule has 76 valence electrons. The van der Waals surface area contributed by atoms with Crippen LogP contribution in [0.15, 0.2) is 28.8 Å². The number of amides is 1. The van der Waals surface area contributed by atoms with Crippen molar-refractivity contribution in [3.63, 3.8) is 0 Å². The average molecular weight is 203 g/mol. The summed E-state index contributed by atoms with van der Waals surface area (Å²) in [6, 6.07) is 6.85. The van der Waals surface area contributed by atoms with E-state index in [1.165, 1.54) is 0 Å². The summed E-state index contributed by atoms with van der Waals surface area (Å²) >= 11 is 0. The van der Waals surface area contributed by atoms with Crippen molar-refractivity contribution in [2.75, 3.05) is 0 Å².